The lowest BCUT2D eigenvalue weighted by molar-refractivity contribution is 0.266. The fourth-order valence-corrected chi connectivity index (χ4v) is 2.25. The second-order valence-corrected chi connectivity index (χ2v) is 5.06. The number of benzene rings is 3. The van der Waals surface area contributed by atoms with Gasteiger partial charge in [-0.25, -0.2) is 0 Å². The van der Waals surface area contributed by atoms with Gasteiger partial charge < -0.3 is 4.74 Å². The largest absolute Gasteiger partial charge is 0.488 e. The van der Waals surface area contributed by atoms with E-state index < -0.39 is 0 Å². The van der Waals surface area contributed by atoms with Crippen molar-refractivity contribution in [1.29, 1.82) is 0 Å². The van der Waals surface area contributed by atoms with Crippen molar-refractivity contribution >= 4 is 11.8 Å². The van der Waals surface area contributed by atoms with Crippen LogP contribution in [0.1, 0.15) is 16.7 Å². The molecule has 0 saturated heterocycles. The molecule has 22 heavy (non-hydrogen) atoms. The lowest BCUT2D eigenvalue weighted by Gasteiger charge is -2.11. The third-order valence-corrected chi connectivity index (χ3v) is 3.39. The zero-order valence-corrected chi connectivity index (χ0v) is 12.4. The second-order valence-electron chi connectivity index (χ2n) is 5.06. The summed E-state index contributed by atoms with van der Waals surface area (Å²) in [5.74, 6) is 0.885. The molecule has 1 heteroatoms. The molecular formula is C21H18O. The van der Waals surface area contributed by atoms with E-state index in [1.807, 2.05) is 54.6 Å². The van der Waals surface area contributed by atoms with Crippen molar-refractivity contribution in [2.45, 2.75) is 6.61 Å². The normalized spacial score (nSPS) is 11.2. The minimum atomic E-state index is 0.564. The first-order chi connectivity index (χ1) is 10.9. The third kappa shape index (κ3) is 3.86. The summed E-state index contributed by atoms with van der Waals surface area (Å²) in [5.41, 5.74) is 3.38. The maximum Gasteiger partial charge on any atom is 0.127 e. The van der Waals surface area contributed by atoms with Gasteiger partial charge in [-0.1, -0.05) is 91.0 Å². The number of hydrogen-bond acceptors (Lipinski definition) is 1. The van der Waals surface area contributed by atoms with Gasteiger partial charge in [0.15, 0.2) is 0 Å². The first kappa shape index (κ1) is 14.2. The van der Waals surface area contributed by atoms with E-state index >= 15 is 0 Å². The summed E-state index contributed by atoms with van der Waals surface area (Å²) in [4.78, 5) is 0. The Bertz CT molecular complexity index is 716. The minimum absolute atomic E-state index is 0.564. The molecule has 0 spiro atoms. The first-order valence-corrected chi connectivity index (χ1v) is 7.41. The van der Waals surface area contributed by atoms with Crippen LogP contribution < -0.4 is 0 Å². The quantitative estimate of drug-likeness (QED) is 0.450. The lowest BCUT2D eigenvalue weighted by Crippen LogP contribution is -1.94. The van der Waals surface area contributed by atoms with E-state index in [0.717, 1.165) is 22.4 Å². The fourth-order valence-electron chi connectivity index (χ4n) is 2.25. The second kappa shape index (κ2) is 7.28. The highest BCUT2D eigenvalue weighted by molar-refractivity contribution is 5.77. The Morgan fingerprint density at radius 1 is 0.682 bits per heavy atom. The predicted molar refractivity (Wildman–Crippen MR) is 92.0 cm³/mol. The highest BCUT2D eigenvalue weighted by Crippen LogP contribution is 2.21. The van der Waals surface area contributed by atoms with Crippen LogP contribution in [0.5, 0.6) is 0 Å². The minimum Gasteiger partial charge on any atom is -0.488 e. The molecule has 0 atom stereocenters. The summed E-state index contributed by atoms with van der Waals surface area (Å²) >= 11 is 0. The SMILES string of the molecule is C(=C(\OCc1ccccc1)c1ccccc1)/c1ccccc1. The maximum atomic E-state index is 6.08. The van der Waals surface area contributed by atoms with Crippen molar-refractivity contribution in [3.63, 3.8) is 0 Å². The van der Waals surface area contributed by atoms with Gasteiger partial charge in [0.2, 0.25) is 0 Å². The van der Waals surface area contributed by atoms with Gasteiger partial charge in [-0.05, 0) is 17.2 Å². The molecule has 0 N–H and O–H groups in total. The zero-order valence-electron chi connectivity index (χ0n) is 12.4. The molecule has 0 aromatic heterocycles. The molecule has 0 aliphatic carbocycles. The molecule has 0 radical (unpaired) electrons. The number of rotatable bonds is 5. The predicted octanol–water partition coefficient (Wildman–Crippen LogP) is 5.40. The van der Waals surface area contributed by atoms with Gasteiger partial charge in [-0.2, -0.15) is 0 Å². The van der Waals surface area contributed by atoms with Crippen LogP contribution in [0.2, 0.25) is 0 Å². The van der Waals surface area contributed by atoms with Crippen LogP contribution in [0.3, 0.4) is 0 Å². The van der Waals surface area contributed by atoms with Gasteiger partial charge >= 0.3 is 0 Å². The third-order valence-electron chi connectivity index (χ3n) is 3.39. The van der Waals surface area contributed by atoms with Crippen molar-refractivity contribution in [3.8, 4) is 0 Å². The van der Waals surface area contributed by atoms with E-state index in [4.69, 9.17) is 4.74 Å². The molecule has 0 amide bonds. The number of ether oxygens (including phenoxy) is 1. The van der Waals surface area contributed by atoms with Crippen molar-refractivity contribution in [2.75, 3.05) is 0 Å². The Balaban J connectivity index is 1.85. The summed E-state index contributed by atoms with van der Waals surface area (Å²) in [5, 5.41) is 0. The molecule has 108 valence electrons. The molecule has 0 aliphatic rings. The van der Waals surface area contributed by atoms with Gasteiger partial charge in [0, 0.05) is 5.56 Å². The van der Waals surface area contributed by atoms with Gasteiger partial charge in [0.05, 0.1) is 0 Å². The van der Waals surface area contributed by atoms with Crippen molar-refractivity contribution in [1.82, 2.24) is 0 Å². The summed E-state index contributed by atoms with van der Waals surface area (Å²) in [6.07, 6.45) is 2.08. The molecule has 0 heterocycles. The molecule has 3 aromatic rings. The molecule has 0 bridgehead atoms. The standard InChI is InChI=1S/C21H18O/c1-4-10-18(11-5-1)16-21(20-14-8-3-9-15-20)22-17-19-12-6-2-7-13-19/h1-16H,17H2/b21-16+. The molecule has 0 saturated carbocycles. The van der Waals surface area contributed by atoms with Crippen LogP contribution in [-0.2, 0) is 11.3 Å². The molecule has 0 aliphatic heterocycles. The molecule has 0 unspecified atom stereocenters. The van der Waals surface area contributed by atoms with Crippen LogP contribution in [0.4, 0.5) is 0 Å². The van der Waals surface area contributed by atoms with Gasteiger partial charge in [-0.15, -0.1) is 0 Å². The van der Waals surface area contributed by atoms with E-state index in [9.17, 15) is 0 Å². The summed E-state index contributed by atoms with van der Waals surface area (Å²) < 4.78 is 6.08. The van der Waals surface area contributed by atoms with Crippen LogP contribution in [0.25, 0.3) is 11.8 Å². The maximum absolute atomic E-state index is 6.08. The van der Waals surface area contributed by atoms with Crippen molar-refractivity contribution < 1.29 is 4.74 Å². The van der Waals surface area contributed by atoms with E-state index in [1.54, 1.807) is 0 Å². The average molecular weight is 286 g/mol. The van der Waals surface area contributed by atoms with E-state index in [1.165, 1.54) is 0 Å². The Morgan fingerprint density at radius 3 is 1.86 bits per heavy atom. The Kier molecular flexibility index (Phi) is 4.68. The van der Waals surface area contributed by atoms with E-state index in [-0.39, 0.29) is 0 Å². The lowest BCUT2D eigenvalue weighted by atomic mass is 10.1. The molecule has 3 aromatic carbocycles. The van der Waals surface area contributed by atoms with Gasteiger partial charge in [0.1, 0.15) is 12.4 Å². The van der Waals surface area contributed by atoms with Crippen LogP contribution in [-0.4, -0.2) is 0 Å². The highest BCUT2D eigenvalue weighted by atomic mass is 16.5. The Morgan fingerprint density at radius 2 is 1.23 bits per heavy atom. The fraction of sp³-hybridized carbons (Fsp3) is 0.0476. The first-order valence-electron chi connectivity index (χ1n) is 7.41. The van der Waals surface area contributed by atoms with Gasteiger partial charge in [0.25, 0.3) is 0 Å². The molecular weight excluding hydrogens is 268 g/mol. The van der Waals surface area contributed by atoms with Crippen LogP contribution in [0, 0.1) is 0 Å². The molecule has 0 fully saturated rings. The monoisotopic (exact) mass is 286 g/mol. The van der Waals surface area contributed by atoms with Crippen molar-refractivity contribution in [2.24, 2.45) is 0 Å². The molecule has 1 nitrogen and oxygen atoms in total. The van der Waals surface area contributed by atoms with E-state index in [2.05, 4.69) is 42.5 Å². The molecule has 3 rings (SSSR count). The Labute approximate surface area is 131 Å². The summed E-state index contributed by atoms with van der Waals surface area (Å²) in [6, 6.07) is 30.7. The van der Waals surface area contributed by atoms with Crippen LogP contribution >= 0.6 is 0 Å². The average Bonchev–Trinajstić information content (AvgIpc) is 2.61. The number of hydrogen-bond donors (Lipinski definition) is 0. The zero-order chi connectivity index (χ0) is 15.0. The highest BCUT2D eigenvalue weighted by Gasteiger charge is 2.03. The summed E-state index contributed by atoms with van der Waals surface area (Å²) in [7, 11) is 0. The van der Waals surface area contributed by atoms with E-state index in [0.29, 0.717) is 6.61 Å². The summed E-state index contributed by atoms with van der Waals surface area (Å²) in [6.45, 7) is 0.564. The van der Waals surface area contributed by atoms with Crippen molar-refractivity contribution in [3.05, 3.63) is 108 Å². The van der Waals surface area contributed by atoms with Crippen LogP contribution in [0.15, 0.2) is 91.0 Å². The topological polar surface area (TPSA) is 9.23 Å². The Hall–Kier alpha value is -2.80. The van der Waals surface area contributed by atoms with Gasteiger partial charge in [-0.3, -0.25) is 0 Å². The smallest absolute Gasteiger partial charge is 0.127 e.